The van der Waals surface area contributed by atoms with Crippen LogP contribution in [0.3, 0.4) is 0 Å². The Morgan fingerprint density at radius 3 is 1.41 bits per heavy atom. The number of fused-ring (bicyclic) bond motifs is 5. The first-order chi connectivity index (χ1) is 14.4. The van der Waals surface area contributed by atoms with E-state index < -0.39 is 5.79 Å². The number of rotatable bonds is 2. The van der Waals surface area contributed by atoms with Gasteiger partial charge in [-0.05, 0) is 48.6 Å². The molecule has 152 valence electrons. The summed E-state index contributed by atoms with van der Waals surface area (Å²) in [5.74, 6) is 0.599. The average molecular weight is 389 g/mol. The van der Waals surface area contributed by atoms with Gasteiger partial charge in [0.05, 0.1) is 12.2 Å². The summed E-state index contributed by atoms with van der Waals surface area (Å²) in [6, 6.07) is 17.5. The van der Waals surface area contributed by atoms with Crippen LogP contribution in [0.5, 0.6) is 0 Å². The molecule has 3 fully saturated rings. The van der Waals surface area contributed by atoms with Gasteiger partial charge in [-0.15, -0.1) is 0 Å². The minimum Gasteiger partial charge on any atom is -0.336 e. The molecule has 0 aromatic heterocycles. The second-order valence-electron chi connectivity index (χ2n) is 9.67. The summed E-state index contributed by atoms with van der Waals surface area (Å²) >= 11 is 0. The summed E-state index contributed by atoms with van der Waals surface area (Å²) in [5.41, 5.74) is 5.02. The van der Waals surface area contributed by atoms with Crippen LogP contribution in [0.4, 0.5) is 0 Å². The highest BCUT2D eigenvalue weighted by atomic mass is 16.8. The lowest BCUT2D eigenvalue weighted by Gasteiger charge is -2.34. The Bertz CT molecular complexity index is 802. The number of benzene rings is 2. The van der Waals surface area contributed by atoms with Gasteiger partial charge in [0.25, 0.3) is 0 Å². The molecule has 0 bridgehead atoms. The lowest BCUT2D eigenvalue weighted by atomic mass is 9.77. The maximum atomic E-state index is 7.15. The van der Waals surface area contributed by atoms with Gasteiger partial charge < -0.3 is 9.47 Å². The Labute approximate surface area is 174 Å². The molecule has 0 radical (unpaired) electrons. The van der Waals surface area contributed by atoms with Crippen molar-refractivity contribution in [2.75, 3.05) is 0 Å². The van der Waals surface area contributed by atoms with E-state index in [1.165, 1.54) is 86.5 Å². The molecule has 1 heterocycles. The third-order valence-corrected chi connectivity index (χ3v) is 8.01. The smallest absolute Gasteiger partial charge is 0.224 e. The van der Waals surface area contributed by atoms with E-state index >= 15 is 0 Å². The largest absolute Gasteiger partial charge is 0.336 e. The van der Waals surface area contributed by atoms with E-state index in [0.717, 1.165) is 0 Å². The first-order valence-electron chi connectivity index (χ1n) is 11.9. The molecule has 3 aliphatic carbocycles. The zero-order valence-electron chi connectivity index (χ0n) is 17.3. The molecule has 0 N–H and O–H groups in total. The van der Waals surface area contributed by atoms with Crippen LogP contribution in [-0.4, -0.2) is 12.2 Å². The normalized spacial score (nSPS) is 29.1. The average Bonchev–Trinajstić information content (AvgIpc) is 3.34. The van der Waals surface area contributed by atoms with Crippen LogP contribution in [0.1, 0.15) is 75.3 Å². The highest BCUT2D eigenvalue weighted by molar-refractivity contribution is 5.79. The molecule has 1 aliphatic heterocycles. The summed E-state index contributed by atoms with van der Waals surface area (Å²) in [5, 5.41) is 0. The second kappa shape index (κ2) is 7.25. The van der Waals surface area contributed by atoms with Crippen LogP contribution < -0.4 is 0 Å². The summed E-state index contributed by atoms with van der Waals surface area (Å²) in [7, 11) is 0. The fourth-order valence-corrected chi connectivity index (χ4v) is 6.61. The lowest BCUT2D eigenvalue weighted by molar-refractivity contribution is -0.156. The monoisotopic (exact) mass is 388 g/mol. The molecule has 2 nitrogen and oxygen atoms in total. The summed E-state index contributed by atoms with van der Waals surface area (Å²) in [6.45, 7) is 0. The second-order valence-corrected chi connectivity index (χ2v) is 9.67. The molecule has 1 spiro atoms. The van der Waals surface area contributed by atoms with Crippen molar-refractivity contribution in [1.29, 1.82) is 0 Å². The van der Waals surface area contributed by atoms with Crippen LogP contribution in [0.2, 0.25) is 0 Å². The maximum absolute atomic E-state index is 7.15. The van der Waals surface area contributed by atoms with Crippen molar-refractivity contribution in [1.82, 2.24) is 0 Å². The van der Waals surface area contributed by atoms with Gasteiger partial charge in [0.15, 0.2) is 0 Å². The van der Waals surface area contributed by atoms with Gasteiger partial charge in [-0.1, -0.05) is 87.1 Å². The van der Waals surface area contributed by atoms with E-state index in [2.05, 4.69) is 48.5 Å². The first-order valence-corrected chi connectivity index (χ1v) is 11.9. The molecule has 4 aliphatic rings. The Kier molecular flexibility index (Phi) is 4.54. The molecular formula is C27H32O2. The lowest BCUT2D eigenvalue weighted by Crippen LogP contribution is -2.38. The molecule has 0 unspecified atom stereocenters. The highest BCUT2D eigenvalue weighted by Gasteiger charge is 2.57. The van der Waals surface area contributed by atoms with Crippen molar-refractivity contribution in [3.8, 4) is 11.1 Å². The van der Waals surface area contributed by atoms with Gasteiger partial charge in [-0.2, -0.15) is 0 Å². The predicted molar refractivity (Wildman–Crippen MR) is 116 cm³/mol. The topological polar surface area (TPSA) is 18.5 Å². The fourth-order valence-electron chi connectivity index (χ4n) is 6.61. The minimum atomic E-state index is -0.697. The van der Waals surface area contributed by atoms with E-state index in [9.17, 15) is 0 Å². The zero-order valence-corrected chi connectivity index (χ0v) is 17.3. The van der Waals surface area contributed by atoms with Crippen LogP contribution in [0.15, 0.2) is 48.5 Å². The Morgan fingerprint density at radius 1 is 0.552 bits per heavy atom. The predicted octanol–water partition coefficient (Wildman–Crippen LogP) is 6.81. The molecule has 2 heteroatoms. The van der Waals surface area contributed by atoms with Gasteiger partial charge in [0.1, 0.15) is 0 Å². The number of hydrogen-bond acceptors (Lipinski definition) is 2. The van der Waals surface area contributed by atoms with Gasteiger partial charge >= 0.3 is 0 Å². The maximum Gasteiger partial charge on any atom is 0.224 e. The van der Waals surface area contributed by atoms with Crippen molar-refractivity contribution in [3.05, 3.63) is 59.7 Å². The quantitative estimate of drug-likeness (QED) is 0.562. The van der Waals surface area contributed by atoms with Gasteiger partial charge in [0.2, 0.25) is 5.79 Å². The summed E-state index contributed by atoms with van der Waals surface area (Å²) < 4.78 is 14.3. The Balaban J connectivity index is 1.45. The molecule has 2 atom stereocenters. The van der Waals surface area contributed by atoms with Crippen LogP contribution in [-0.2, 0) is 15.3 Å². The molecule has 2 aromatic rings. The zero-order chi connectivity index (χ0) is 19.3. The molecule has 0 amide bonds. The molecule has 2 saturated carbocycles. The van der Waals surface area contributed by atoms with Crippen molar-refractivity contribution in [2.24, 2.45) is 11.8 Å². The van der Waals surface area contributed by atoms with E-state index in [4.69, 9.17) is 9.47 Å². The molecule has 1 saturated heterocycles. The van der Waals surface area contributed by atoms with E-state index in [1.54, 1.807) is 0 Å². The van der Waals surface area contributed by atoms with Crippen LogP contribution >= 0.6 is 0 Å². The van der Waals surface area contributed by atoms with Gasteiger partial charge in [-0.3, -0.25) is 0 Å². The Morgan fingerprint density at radius 2 is 0.966 bits per heavy atom. The number of hydrogen-bond donors (Lipinski definition) is 0. The summed E-state index contributed by atoms with van der Waals surface area (Å²) in [6.07, 6.45) is 13.8. The van der Waals surface area contributed by atoms with Crippen molar-refractivity contribution in [2.45, 2.75) is 82.2 Å². The number of ether oxygens (including phenoxy) is 2. The first kappa shape index (κ1) is 18.2. The standard InChI is InChI=1S/C27H32O2/c1-3-11-19(12-4-1)25-26(20-13-5-2-6-14-20)29-27(28-25)23-17-9-7-15-21(23)22-16-8-10-18-24(22)27/h7-10,15-20,25-26H,1-6,11-14H2/t25-,26-/m1/s1. The fraction of sp³-hybridized carbons (Fsp3) is 0.556. The van der Waals surface area contributed by atoms with Crippen LogP contribution in [0, 0.1) is 11.8 Å². The minimum absolute atomic E-state index is 0.234. The van der Waals surface area contributed by atoms with E-state index in [-0.39, 0.29) is 12.2 Å². The van der Waals surface area contributed by atoms with Crippen LogP contribution in [0.25, 0.3) is 11.1 Å². The highest BCUT2D eigenvalue weighted by Crippen LogP contribution is 2.57. The molecule has 6 rings (SSSR count). The van der Waals surface area contributed by atoms with Crippen molar-refractivity contribution < 1.29 is 9.47 Å². The molecular weight excluding hydrogens is 356 g/mol. The Hall–Kier alpha value is -1.64. The SMILES string of the molecule is c1ccc2c(c1)-c1ccccc1C21O[C@H](C2CCCCC2)[C@@H](C2CCCCC2)O1. The van der Waals surface area contributed by atoms with Gasteiger partial charge in [-0.25, -0.2) is 0 Å². The van der Waals surface area contributed by atoms with E-state index in [0.29, 0.717) is 11.8 Å². The van der Waals surface area contributed by atoms with Gasteiger partial charge in [0, 0.05) is 11.1 Å². The van der Waals surface area contributed by atoms with Crippen molar-refractivity contribution in [3.63, 3.8) is 0 Å². The third kappa shape index (κ3) is 2.83. The molecule has 2 aromatic carbocycles. The van der Waals surface area contributed by atoms with Crippen molar-refractivity contribution >= 4 is 0 Å². The molecule has 29 heavy (non-hydrogen) atoms. The summed E-state index contributed by atoms with van der Waals surface area (Å²) in [4.78, 5) is 0. The van der Waals surface area contributed by atoms with E-state index in [1.807, 2.05) is 0 Å². The third-order valence-electron chi connectivity index (χ3n) is 8.01.